The van der Waals surface area contributed by atoms with Crippen LogP contribution in [0, 0.1) is 18.8 Å². The summed E-state index contributed by atoms with van der Waals surface area (Å²) in [6.07, 6.45) is 0.234. The van der Waals surface area contributed by atoms with Gasteiger partial charge in [0.25, 0.3) is 5.91 Å². The van der Waals surface area contributed by atoms with Gasteiger partial charge in [-0.2, -0.15) is 5.10 Å². The summed E-state index contributed by atoms with van der Waals surface area (Å²) in [7, 11) is 3.11. The lowest BCUT2D eigenvalue weighted by molar-refractivity contribution is -0.0231. The first kappa shape index (κ1) is 20.4. The number of methoxy groups -OCH3 is 1. The molecule has 160 valence electrons. The molecular formula is C22H27N3O5. The highest BCUT2D eigenvalue weighted by Crippen LogP contribution is 2.38. The highest BCUT2D eigenvalue weighted by atomic mass is 16.5. The molecule has 30 heavy (non-hydrogen) atoms. The fraction of sp³-hybridized carbons (Fsp3) is 0.500. The SMILES string of the molecule is COC(=O)c1cccc(O[C@@H]2C[C@@H]3CN(C(=O)c4cc(C)nn4C)C[C@@H]3C[C@H]2O)c1. The molecule has 8 heteroatoms. The number of aliphatic hydroxyl groups excluding tert-OH is 1. The zero-order valence-corrected chi connectivity index (χ0v) is 17.4. The van der Waals surface area contributed by atoms with Crippen molar-refractivity contribution in [1.82, 2.24) is 14.7 Å². The van der Waals surface area contributed by atoms with Crippen molar-refractivity contribution in [3.05, 3.63) is 47.3 Å². The largest absolute Gasteiger partial charge is 0.488 e. The Morgan fingerprint density at radius 2 is 1.90 bits per heavy atom. The Bertz CT molecular complexity index is 956. The topological polar surface area (TPSA) is 93.9 Å². The normalized spacial score (nSPS) is 25.7. The second-order valence-corrected chi connectivity index (χ2v) is 8.24. The number of rotatable bonds is 4. The van der Waals surface area contributed by atoms with E-state index in [1.807, 2.05) is 11.8 Å². The average Bonchev–Trinajstić information content (AvgIpc) is 3.29. The van der Waals surface area contributed by atoms with E-state index in [1.54, 1.807) is 42.1 Å². The third-order valence-electron chi connectivity index (χ3n) is 6.14. The van der Waals surface area contributed by atoms with Crippen LogP contribution >= 0.6 is 0 Å². The van der Waals surface area contributed by atoms with Crippen LogP contribution in [-0.2, 0) is 11.8 Å². The summed E-state index contributed by atoms with van der Waals surface area (Å²) in [4.78, 5) is 26.5. The molecule has 0 radical (unpaired) electrons. The van der Waals surface area contributed by atoms with Crippen molar-refractivity contribution in [3.8, 4) is 5.75 Å². The number of likely N-dealkylation sites (tertiary alicyclic amines) is 1. The molecule has 4 rings (SSSR count). The third-order valence-corrected chi connectivity index (χ3v) is 6.14. The lowest BCUT2D eigenvalue weighted by Crippen LogP contribution is -2.42. The van der Waals surface area contributed by atoms with Crippen molar-refractivity contribution in [3.63, 3.8) is 0 Å². The van der Waals surface area contributed by atoms with Crippen LogP contribution < -0.4 is 4.74 Å². The minimum absolute atomic E-state index is 0.0229. The smallest absolute Gasteiger partial charge is 0.337 e. The van der Waals surface area contributed by atoms with Crippen LogP contribution in [0.25, 0.3) is 0 Å². The molecular weight excluding hydrogens is 386 g/mol. The Kier molecular flexibility index (Phi) is 5.51. The third kappa shape index (κ3) is 3.92. The molecule has 8 nitrogen and oxygen atoms in total. The molecule has 1 saturated heterocycles. The first-order chi connectivity index (χ1) is 14.4. The number of aryl methyl sites for hydroxylation is 2. The van der Waals surface area contributed by atoms with Crippen LogP contribution in [0.4, 0.5) is 0 Å². The van der Waals surface area contributed by atoms with Crippen molar-refractivity contribution in [2.75, 3.05) is 20.2 Å². The number of carbonyl (C=O) groups excluding carboxylic acids is 2. The number of carbonyl (C=O) groups is 2. The fourth-order valence-electron chi connectivity index (χ4n) is 4.64. The van der Waals surface area contributed by atoms with Gasteiger partial charge in [0.05, 0.1) is 24.5 Å². The summed E-state index contributed by atoms with van der Waals surface area (Å²) in [5, 5.41) is 14.9. The molecule has 1 aromatic carbocycles. The molecule has 1 amide bonds. The Balaban J connectivity index is 1.43. The summed E-state index contributed by atoms with van der Waals surface area (Å²) in [6, 6.07) is 8.58. The van der Waals surface area contributed by atoms with Gasteiger partial charge in [0.1, 0.15) is 17.5 Å². The fourth-order valence-corrected chi connectivity index (χ4v) is 4.64. The van der Waals surface area contributed by atoms with Crippen LogP contribution in [0.3, 0.4) is 0 Å². The molecule has 0 spiro atoms. The highest BCUT2D eigenvalue weighted by molar-refractivity contribution is 5.93. The number of hydrogen-bond donors (Lipinski definition) is 1. The molecule has 1 N–H and O–H groups in total. The van der Waals surface area contributed by atoms with E-state index in [0.717, 1.165) is 5.69 Å². The second-order valence-electron chi connectivity index (χ2n) is 8.24. The molecule has 1 aliphatic heterocycles. The number of aliphatic hydroxyl groups is 1. The number of nitrogens with zero attached hydrogens (tertiary/aromatic N) is 3. The number of benzene rings is 1. The summed E-state index contributed by atoms with van der Waals surface area (Å²) in [6.45, 7) is 3.14. The standard InChI is InChI=1S/C22H27N3O5/c1-13-7-18(24(2)23-13)21(27)25-11-15-9-19(26)20(10-16(15)12-25)30-17-6-4-5-14(8-17)22(28)29-3/h4-8,15-16,19-20,26H,9-12H2,1-3H3/t15-,16+,19+,20+/m0/s1. The van der Waals surface area contributed by atoms with Crippen LogP contribution in [0.5, 0.6) is 5.75 Å². The summed E-state index contributed by atoms with van der Waals surface area (Å²) < 4.78 is 12.4. The van der Waals surface area contributed by atoms with Gasteiger partial charge in [-0.1, -0.05) is 6.07 Å². The van der Waals surface area contributed by atoms with Crippen molar-refractivity contribution >= 4 is 11.9 Å². The number of fused-ring (bicyclic) bond motifs is 1. The molecule has 2 aromatic rings. The number of aromatic nitrogens is 2. The van der Waals surface area contributed by atoms with Gasteiger partial charge in [-0.3, -0.25) is 9.48 Å². The van der Waals surface area contributed by atoms with Crippen LogP contribution in [0.2, 0.25) is 0 Å². The maximum absolute atomic E-state index is 12.9. The van der Waals surface area contributed by atoms with E-state index in [0.29, 0.717) is 42.9 Å². The minimum atomic E-state index is -0.623. The first-order valence-electron chi connectivity index (χ1n) is 10.2. The van der Waals surface area contributed by atoms with Crippen molar-refractivity contribution in [1.29, 1.82) is 0 Å². The van der Waals surface area contributed by atoms with E-state index < -0.39 is 12.1 Å². The molecule has 0 unspecified atom stereocenters. The van der Waals surface area contributed by atoms with Gasteiger partial charge in [-0.25, -0.2) is 4.79 Å². The predicted octanol–water partition coefficient (Wildman–Crippen LogP) is 1.81. The molecule has 2 fully saturated rings. The van der Waals surface area contributed by atoms with Gasteiger partial charge in [0.15, 0.2) is 0 Å². The van der Waals surface area contributed by atoms with Gasteiger partial charge < -0.3 is 19.5 Å². The Morgan fingerprint density at radius 3 is 2.57 bits per heavy atom. The van der Waals surface area contributed by atoms with Crippen molar-refractivity contribution in [2.24, 2.45) is 18.9 Å². The van der Waals surface area contributed by atoms with E-state index in [1.165, 1.54) is 7.11 Å². The van der Waals surface area contributed by atoms with Gasteiger partial charge in [0, 0.05) is 20.1 Å². The quantitative estimate of drug-likeness (QED) is 0.769. The molecule has 1 aromatic heterocycles. The molecule has 0 bridgehead atoms. The Hall–Kier alpha value is -2.87. The molecule has 1 aliphatic carbocycles. The van der Waals surface area contributed by atoms with Crippen LogP contribution in [-0.4, -0.2) is 64.1 Å². The lowest BCUT2D eigenvalue weighted by atomic mass is 9.78. The summed E-state index contributed by atoms with van der Waals surface area (Å²) >= 11 is 0. The zero-order valence-electron chi connectivity index (χ0n) is 17.4. The summed E-state index contributed by atoms with van der Waals surface area (Å²) in [5.41, 5.74) is 1.80. The van der Waals surface area contributed by atoms with Gasteiger partial charge in [0.2, 0.25) is 0 Å². The van der Waals surface area contributed by atoms with Gasteiger partial charge in [-0.15, -0.1) is 0 Å². The van der Waals surface area contributed by atoms with Gasteiger partial charge in [-0.05, 0) is 55.9 Å². The maximum Gasteiger partial charge on any atom is 0.337 e. The summed E-state index contributed by atoms with van der Waals surface area (Å²) in [5.74, 6) is 0.585. The van der Waals surface area contributed by atoms with E-state index in [-0.39, 0.29) is 23.8 Å². The van der Waals surface area contributed by atoms with Gasteiger partial charge >= 0.3 is 5.97 Å². The van der Waals surface area contributed by atoms with E-state index in [2.05, 4.69) is 5.10 Å². The maximum atomic E-state index is 12.9. The van der Waals surface area contributed by atoms with E-state index >= 15 is 0 Å². The first-order valence-corrected chi connectivity index (χ1v) is 10.2. The highest BCUT2D eigenvalue weighted by Gasteiger charge is 2.44. The minimum Gasteiger partial charge on any atom is -0.488 e. The Morgan fingerprint density at radius 1 is 1.17 bits per heavy atom. The van der Waals surface area contributed by atoms with Crippen LogP contribution in [0.1, 0.15) is 39.4 Å². The second kappa shape index (κ2) is 8.10. The van der Waals surface area contributed by atoms with E-state index in [4.69, 9.17) is 9.47 Å². The number of ether oxygens (including phenoxy) is 2. The molecule has 2 heterocycles. The predicted molar refractivity (Wildman–Crippen MR) is 108 cm³/mol. The van der Waals surface area contributed by atoms with Crippen molar-refractivity contribution in [2.45, 2.75) is 32.0 Å². The number of esters is 1. The van der Waals surface area contributed by atoms with E-state index in [9.17, 15) is 14.7 Å². The monoisotopic (exact) mass is 413 g/mol. The average molecular weight is 413 g/mol. The van der Waals surface area contributed by atoms with Crippen molar-refractivity contribution < 1.29 is 24.2 Å². The number of amides is 1. The number of hydrogen-bond acceptors (Lipinski definition) is 6. The van der Waals surface area contributed by atoms with Crippen LogP contribution in [0.15, 0.2) is 30.3 Å². The lowest BCUT2D eigenvalue weighted by Gasteiger charge is -2.35. The molecule has 2 aliphatic rings. The molecule has 1 saturated carbocycles. The molecule has 4 atom stereocenters. The zero-order chi connectivity index (χ0) is 21.4. The Labute approximate surface area is 175 Å².